The first-order valence-electron chi connectivity index (χ1n) is 10.6. The third kappa shape index (κ3) is 3.00. The topological polar surface area (TPSA) is 15.3 Å². The average Bonchev–Trinajstić information content (AvgIpc) is 3.08. The minimum absolute atomic E-state index is 0.617. The van der Waals surface area contributed by atoms with Gasteiger partial charge in [-0.2, -0.15) is 0 Å². The highest BCUT2D eigenvalue weighted by Crippen LogP contribution is 2.42. The first-order chi connectivity index (χ1) is 12.9. The van der Waals surface area contributed by atoms with Crippen molar-refractivity contribution in [1.29, 1.82) is 0 Å². The van der Waals surface area contributed by atoms with Gasteiger partial charge >= 0.3 is 0 Å². The maximum Gasteiger partial charge on any atom is 0.0377 e. The zero-order valence-corrected chi connectivity index (χ0v) is 15.7. The minimum atomic E-state index is 0.617. The van der Waals surface area contributed by atoms with Crippen LogP contribution in [0, 0.1) is 5.92 Å². The Balaban J connectivity index is 1.49. The molecular weight excluding hydrogens is 316 g/mol. The largest absolute Gasteiger partial charge is 0.314 e. The van der Waals surface area contributed by atoms with Crippen molar-refractivity contribution < 1.29 is 0 Å². The van der Waals surface area contributed by atoms with E-state index in [0.717, 1.165) is 25.4 Å². The van der Waals surface area contributed by atoms with Crippen LogP contribution >= 0.6 is 0 Å². The van der Waals surface area contributed by atoms with Gasteiger partial charge in [0, 0.05) is 32.2 Å². The molecule has 1 atom stereocenters. The maximum atomic E-state index is 3.54. The number of rotatable bonds is 3. The lowest BCUT2D eigenvalue weighted by molar-refractivity contribution is 0.103. The molecule has 2 heteroatoms. The predicted molar refractivity (Wildman–Crippen MR) is 108 cm³/mol. The Kier molecular flexibility index (Phi) is 4.56. The number of piperazine rings is 1. The van der Waals surface area contributed by atoms with E-state index in [0.29, 0.717) is 6.04 Å². The highest BCUT2D eigenvalue weighted by atomic mass is 15.2. The quantitative estimate of drug-likeness (QED) is 0.734. The van der Waals surface area contributed by atoms with Crippen molar-refractivity contribution >= 4 is 0 Å². The molecule has 1 saturated heterocycles. The fourth-order valence-corrected chi connectivity index (χ4v) is 5.54. The summed E-state index contributed by atoms with van der Waals surface area (Å²) in [5.74, 6) is 0.837. The smallest absolute Gasteiger partial charge is 0.0377 e. The van der Waals surface area contributed by atoms with Crippen molar-refractivity contribution in [1.82, 2.24) is 10.2 Å². The molecule has 2 aromatic rings. The molecule has 1 saturated carbocycles. The second-order valence-corrected chi connectivity index (χ2v) is 8.38. The van der Waals surface area contributed by atoms with Gasteiger partial charge in [0.2, 0.25) is 0 Å². The van der Waals surface area contributed by atoms with Gasteiger partial charge in [0.15, 0.2) is 0 Å². The number of benzene rings is 2. The van der Waals surface area contributed by atoms with E-state index in [1.165, 1.54) is 61.9 Å². The highest BCUT2D eigenvalue weighted by Gasteiger charge is 2.31. The van der Waals surface area contributed by atoms with E-state index in [4.69, 9.17) is 0 Å². The second-order valence-electron chi connectivity index (χ2n) is 8.38. The Hall–Kier alpha value is -1.64. The fourth-order valence-electron chi connectivity index (χ4n) is 5.54. The monoisotopic (exact) mass is 346 g/mol. The van der Waals surface area contributed by atoms with E-state index in [1.54, 1.807) is 11.1 Å². The molecule has 2 aliphatic carbocycles. The molecule has 3 aliphatic rings. The van der Waals surface area contributed by atoms with E-state index < -0.39 is 0 Å². The molecule has 2 aromatic carbocycles. The molecule has 1 aliphatic heterocycles. The molecule has 5 rings (SSSR count). The summed E-state index contributed by atoms with van der Waals surface area (Å²) in [5.41, 5.74) is 7.53. The van der Waals surface area contributed by atoms with Crippen LogP contribution in [0.15, 0.2) is 42.5 Å². The number of hydrogen-bond donors (Lipinski definition) is 1. The van der Waals surface area contributed by atoms with Gasteiger partial charge in [0.05, 0.1) is 0 Å². The Morgan fingerprint density at radius 3 is 2.46 bits per heavy atom. The molecular formula is C24H30N2. The van der Waals surface area contributed by atoms with Gasteiger partial charge in [-0.25, -0.2) is 0 Å². The Bertz CT molecular complexity index is 752. The Morgan fingerprint density at radius 1 is 0.846 bits per heavy atom. The second kappa shape index (κ2) is 7.17. The first-order valence-corrected chi connectivity index (χ1v) is 10.6. The fraction of sp³-hybridized carbons (Fsp3) is 0.500. The number of hydrogen-bond acceptors (Lipinski definition) is 2. The summed E-state index contributed by atoms with van der Waals surface area (Å²) in [7, 11) is 0. The van der Waals surface area contributed by atoms with Crippen molar-refractivity contribution in [2.24, 2.45) is 5.92 Å². The average molecular weight is 347 g/mol. The van der Waals surface area contributed by atoms with Crippen molar-refractivity contribution in [2.45, 2.75) is 44.6 Å². The van der Waals surface area contributed by atoms with Crippen LogP contribution < -0.4 is 5.32 Å². The third-order valence-electron chi connectivity index (χ3n) is 6.80. The number of nitrogens with one attached hydrogen (secondary N) is 1. The minimum Gasteiger partial charge on any atom is -0.314 e. The van der Waals surface area contributed by atoms with Gasteiger partial charge in [-0.05, 0) is 53.0 Å². The normalized spacial score (nSPS) is 22.0. The summed E-state index contributed by atoms with van der Waals surface area (Å²) in [6.07, 6.45) is 8.20. The third-order valence-corrected chi connectivity index (χ3v) is 6.80. The molecule has 2 nitrogen and oxygen atoms in total. The standard InChI is InChI=1S/C24H30N2/c1-2-6-18(7-3-1)24(26-14-12-25-13-15-26)20-10-11-23-21(17-20)16-19-8-4-5-9-22(19)23/h4-5,8-11,17-18,24-25H,1-3,6-7,12-16H2/t24-/m1/s1. The van der Waals surface area contributed by atoms with E-state index in [1.807, 2.05) is 0 Å². The van der Waals surface area contributed by atoms with E-state index in [9.17, 15) is 0 Å². The summed E-state index contributed by atoms with van der Waals surface area (Å²) in [4.78, 5) is 2.77. The van der Waals surface area contributed by atoms with Crippen molar-refractivity contribution in [3.8, 4) is 11.1 Å². The molecule has 1 heterocycles. The Morgan fingerprint density at radius 2 is 1.62 bits per heavy atom. The van der Waals surface area contributed by atoms with Crippen LogP contribution in [-0.4, -0.2) is 31.1 Å². The van der Waals surface area contributed by atoms with E-state index >= 15 is 0 Å². The molecule has 0 unspecified atom stereocenters. The van der Waals surface area contributed by atoms with E-state index in [2.05, 4.69) is 52.7 Å². The van der Waals surface area contributed by atoms with Crippen LogP contribution in [0.3, 0.4) is 0 Å². The molecule has 26 heavy (non-hydrogen) atoms. The lowest BCUT2D eigenvalue weighted by Crippen LogP contribution is -2.47. The summed E-state index contributed by atoms with van der Waals surface area (Å²) < 4.78 is 0. The van der Waals surface area contributed by atoms with Crippen LogP contribution in [0.2, 0.25) is 0 Å². The molecule has 0 aromatic heterocycles. The maximum absolute atomic E-state index is 3.54. The molecule has 0 spiro atoms. The van der Waals surface area contributed by atoms with Crippen molar-refractivity contribution in [3.05, 3.63) is 59.2 Å². The summed E-state index contributed by atoms with van der Waals surface area (Å²) in [6.45, 7) is 4.66. The predicted octanol–water partition coefficient (Wildman–Crippen LogP) is 4.78. The Labute approximate surface area is 157 Å². The van der Waals surface area contributed by atoms with Gasteiger partial charge < -0.3 is 5.32 Å². The van der Waals surface area contributed by atoms with Gasteiger partial charge in [-0.1, -0.05) is 61.7 Å². The van der Waals surface area contributed by atoms with Crippen molar-refractivity contribution in [2.75, 3.05) is 26.2 Å². The van der Waals surface area contributed by atoms with Crippen LogP contribution in [0.25, 0.3) is 11.1 Å². The summed E-state index contributed by atoms with van der Waals surface area (Å²) >= 11 is 0. The van der Waals surface area contributed by atoms with Crippen LogP contribution in [0.4, 0.5) is 0 Å². The summed E-state index contributed by atoms with van der Waals surface area (Å²) in [5, 5.41) is 3.54. The van der Waals surface area contributed by atoms with Gasteiger partial charge in [0.1, 0.15) is 0 Å². The molecule has 0 bridgehead atoms. The molecule has 136 valence electrons. The van der Waals surface area contributed by atoms with Gasteiger partial charge in [0.25, 0.3) is 0 Å². The van der Waals surface area contributed by atoms with Crippen molar-refractivity contribution in [3.63, 3.8) is 0 Å². The van der Waals surface area contributed by atoms with Crippen LogP contribution in [0.1, 0.15) is 54.8 Å². The first kappa shape index (κ1) is 16.5. The lowest BCUT2D eigenvalue weighted by atomic mass is 9.79. The molecule has 2 fully saturated rings. The lowest BCUT2D eigenvalue weighted by Gasteiger charge is -2.41. The van der Waals surface area contributed by atoms with Gasteiger partial charge in [-0.15, -0.1) is 0 Å². The van der Waals surface area contributed by atoms with Gasteiger partial charge in [-0.3, -0.25) is 4.90 Å². The van der Waals surface area contributed by atoms with Crippen LogP contribution in [-0.2, 0) is 6.42 Å². The zero-order chi connectivity index (χ0) is 17.3. The zero-order valence-electron chi connectivity index (χ0n) is 15.7. The number of nitrogens with zero attached hydrogens (tertiary/aromatic N) is 1. The van der Waals surface area contributed by atoms with Crippen LogP contribution in [0.5, 0.6) is 0 Å². The number of fused-ring (bicyclic) bond motifs is 3. The molecule has 0 amide bonds. The molecule has 1 N–H and O–H groups in total. The van der Waals surface area contributed by atoms with E-state index in [-0.39, 0.29) is 0 Å². The summed E-state index contributed by atoms with van der Waals surface area (Å²) in [6, 6.07) is 17.0. The molecule has 0 radical (unpaired) electrons. The SMILES string of the molecule is c1ccc2c(c1)Cc1cc([C@@H](C3CCCCC3)N3CCNCC3)ccc1-2. The highest BCUT2D eigenvalue weighted by molar-refractivity contribution is 5.77.